The molecule has 0 amide bonds. The summed E-state index contributed by atoms with van der Waals surface area (Å²) in [6, 6.07) is 0. The van der Waals surface area contributed by atoms with Gasteiger partial charge in [-0.2, -0.15) is 0 Å². The third-order valence-electron chi connectivity index (χ3n) is 4.52. The van der Waals surface area contributed by atoms with Crippen molar-refractivity contribution >= 4 is 0 Å². The van der Waals surface area contributed by atoms with Crippen LogP contribution in [0.2, 0.25) is 0 Å². The van der Waals surface area contributed by atoms with Crippen molar-refractivity contribution in [2.45, 2.75) is 33.1 Å². The molecule has 3 nitrogen and oxygen atoms in total. The lowest BCUT2D eigenvalue weighted by Gasteiger charge is -2.39. The highest BCUT2D eigenvalue weighted by molar-refractivity contribution is 4.83. The summed E-state index contributed by atoms with van der Waals surface area (Å²) >= 11 is 0. The molecule has 0 aromatic carbocycles. The van der Waals surface area contributed by atoms with E-state index in [9.17, 15) is 5.11 Å². The Hall–Kier alpha value is -0.120. The summed E-state index contributed by atoms with van der Waals surface area (Å²) in [7, 11) is 0. The van der Waals surface area contributed by atoms with E-state index in [-0.39, 0.29) is 5.41 Å². The lowest BCUT2D eigenvalue weighted by atomic mass is 9.88. The number of hydrogen-bond acceptors (Lipinski definition) is 3. The molecule has 0 radical (unpaired) electrons. The maximum atomic E-state index is 9.46. The fourth-order valence-electron chi connectivity index (χ4n) is 2.61. The summed E-state index contributed by atoms with van der Waals surface area (Å²) in [4.78, 5) is 5.15. The lowest BCUT2D eigenvalue weighted by Crippen LogP contribution is -2.50. The summed E-state index contributed by atoms with van der Waals surface area (Å²) in [6.45, 7) is 11.9. The smallest absolute Gasteiger partial charge is 0.0496 e. The third kappa shape index (κ3) is 3.94. The lowest BCUT2D eigenvalue weighted by molar-refractivity contribution is 0.0530. The topological polar surface area (TPSA) is 26.7 Å². The highest BCUT2D eigenvalue weighted by Crippen LogP contribution is 2.30. The second-order valence-electron chi connectivity index (χ2n) is 6.34. The van der Waals surface area contributed by atoms with E-state index in [1.807, 2.05) is 0 Å². The van der Waals surface area contributed by atoms with Gasteiger partial charge in [0.2, 0.25) is 0 Å². The summed E-state index contributed by atoms with van der Waals surface area (Å²) in [5.41, 5.74) is 0.0959. The molecule has 1 aliphatic heterocycles. The van der Waals surface area contributed by atoms with Crippen molar-refractivity contribution < 1.29 is 5.11 Å². The van der Waals surface area contributed by atoms with Gasteiger partial charge in [-0.3, -0.25) is 0 Å². The van der Waals surface area contributed by atoms with E-state index < -0.39 is 0 Å². The number of aliphatic hydroxyl groups excluding tert-OH is 1. The summed E-state index contributed by atoms with van der Waals surface area (Å²) < 4.78 is 0. The molecule has 0 spiro atoms. The maximum absolute atomic E-state index is 9.46. The molecule has 2 aliphatic rings. The van der Waals surface area contributed by atoms with Gasteiger partial charge in [0.25, 0.3) is 0 Å². The molecule has 0 bridgehead atoms. The van der Waals surface area contributed by atoms with Gasteiger partial charge in [-0.1, -0.05) is 13.8 Å². The van der Waals surface area contributed by atoms with E-state index in [1.54, 1.807) is 0 Å². The van der Waals surface area contributed by atoms with E-state index in [0.717, 1.165) is 18.9 Å². The molecule has 1 unspecified atom stereocenters. The average Bonchev–Trinajstić information content (AvgIpc) is 3.15. The molecule has 1 saturated carbocycles. The molecular weight excluding hydrogens is 212 g/mol. The molecule has 0 aromatic rings. The minimum absolute atomic E-state index is 0.0959. The normalized spacial score (nSPS) is 27.0. The van der Waals surface area contributed by atoms with Crippen LogP contribution in [0.15, 0.2) is 0 Å². The second kappa shape index (κ2) is 5.68. The minimum atomic E-state index is 0.0959. The Balaban J connectivity index is 1.70. The number of piperazine rings is 1. The van der Waals surface area contributed by atoms with Crippen molar-refractivity contribution in [3.05, 3.63) is 0 Å². The van der Waals surface area contributed by atoms with Crippen molar-refractivity contribution in [3.63, 3.8) is 0 Å². The zero-order valence-electron chi connectivity index (χ0n) is 11.5. The van der Waals surface area contributed by atoms with E-state index in [0.29, 0.717) is 6.61 Å². The first-order chi connectivity index (χ1) is 8.15. The van der Waals surface area contributed by atoms with Crippen molar-refractivity contribution in [2.75, 3.05) is 45.9 Å². The molecule has 17 heavy (non-hydrogen) atoms. The van der Waals surface area contributed by atoms with Gasteiger partial charge in [0.1, 0.15) is 0 Å². The van der Waals surface area contributed by atoms with Crippen LogP contribution >= 0.6 is 0 Å². The Bertz CT molecular complexity index is 228. The number of aliphatic hydroxyl groups is 1. The van der Waals surface area contributed by atoms with Crippen LogP contribution in [-0.2, 0) is 0 Å². The Kier molecular flexibility index (Phi) is 4.45. The second-order valence-corrected chi connectivity index (χ2v) is 6.34. The van der Waals surface area contributed by atoms with E-state index in [1.165, 1.54) is 45.6 Å². The van der Waals surface area contributed by atoms with E-state index >= 15 is 0 Å². The fourth-order valence-corrected chi connectivity index (χ4v) is 2.61. The first-order valence-corrected chi connectivity index (χ1v) is 7.21. The monoisotopic (exact) mass is 240 g/mol. The first-order valence-electron chi connectivity index (χ1n) is 7.21. The van der Waals surface area contributed by atoms with Gasteiger partial charge in [0.05, 0.1) is 0 Å². The van der Waals surface area contributed by atoms with Gasteiger partial charge in [0.15, 0.2) is 0 Å². The van der Waals surface area contributed by atoms with Crippen LogP contribution < -0.4 is 0 Å². The van der Waals surface area contributed by atoms with Crippen LogP contribution in [0.1, 0.15) is 33.1 Å². The highest BCUT2D eigenvalue weighted by Gasteiger charge is 2.29. The molecule has 1 heterocycles. The van der Waals surface area contributed by atoms with Crippen molar-refractivity contribution in [1.29, 1.82) is 0 Å². The first kappa shape index (κ1) is 13.3. The van der Waals surface area contributed by atoms with Crippen LogP contribution in [0.25, 0.3) is 0 Å². The van der Waals surface area contributed by atoms with E-state index in [4.69, 9.17) is 0 Å². The highest BCUT2D eigenvalue weighted by atomic mass is 16.3. The standard InChI is InChI=1S/C14H28N2O/c1-3-14(2,12-17)11-16-8-6-15(7-9-16)10-13-4-5-13/h13,17H,3-12H2,1-2H3. The van der Waals surface area contributed by atoms with Gasteiger partial charge < -0.3 is 14.9 Å². The quantitative estimate of drug-likeness (QED) is 0.761. The van der Waals surface area contributed by atoms with Crippen LogP contribution in [0, 0.1) is 11.3 Å². The molecule has 1 aliphatic carbocycles. The Morgan fingerprint density at radius 2 is 1.71 bits per heavy atom. The molecule has 1 N–H and O–H groups in total. The molecule has 0 aromatic heterocycles. The minimum Gasteiger partial charge on any atom is -0.396 e. The van der Waals surface area contributed by atoms with Gasteiger partial charge >= 0.3 is 0 Å². The zero-order valence-corrected chi connectivity index (χ0v) is 11.5. The molecular formula is C14H28N2O. The number of hydrogen-bond donors (Lipinski definition) is 1. The summed E-state index contributed by atoms with van der Waals surface area (Å²) in [5, 5.41) is 9.46. The van der Waals surface area contributed by atoms with Gasteiger partial charge in [0, 0.05) is 51.3 Å². The van der Waals surface area contributed by atoms with Crippen LogP contribution in [0.3, 0.4) is 0 Å². The third-order valence-corrected chi connectivity index (χ3v) is 4.52. The molecule has 1 saturated heterocycles. The Labute approximate surface area is 106 Å². The van der Waals surface area contributed by atoms with Crippen LogP contribution in [0.5, 0.6) is 0 Å². The summed E-state index contributed by atoms with van der Waals surface area (Å²) in [5.74, 6) is 1.01. The zero-order chi connectivity index (χ0) is 12.3. The van der Waals surface area contributed by atoms with Crippen LogP contribution in [0.4, 0.5) is 0 Å². The fraction of sp³-hybridized carbons (Fsp3) is 1.00. The van der Waals surface area contributed by atoms with Gasteiger partial charge in [-0.25, -0.2) is 0 Å². The van der Waals surface area contributed by atoms with Crippen molar-refractivity contribution in [2.24, 2.45) is 11.3 Å². The van der Waals surface area contributed by atoms with Crippen molar-refractivity contribution in [1.82, 2.24) is 9.80 Å². The molecule has 100 valence electrons. The summed E-state index contributed by atoms with van der Waals surface area (Å²) in [6.07, 6.45) is 3.98. The van der Waals surface area contributed by atoms with E-state index in [2.05, 4.69) is 23.6 Å². The van der Waals surface area contributed by atoms with Crippen molar-refractivity contribution in [3.8, 4) is 0 Å². The largest absolute Gasteiger partial charge is 0.396 e. The molecule has 2 rings (SSSR count). The Morgan fingerprint density at radius 1 is 1.12 bits per heavy atom. The number of rotatable bonds is 6. The van der Waals surface area contributed by atoms with Gasteiger partial charge in [-0.15, -0.1) is 0 Å². The maximum Gasteiger partial charge on any atom is 0.0496 e. The SMILES string of the molecule is CCC(C)(CO)CN1CCN(CC2CC2)CC1. The number of nitrogens with zero attached hydrogens (tertiary/aromatic N) is 2. The van der Waals surface area contributed by atoms with Gasteiger partial charge in [-0.05, 0) is 25.2 Å². The van der Waals surface area contributed by atoms with Crippen LogP contribution in [-0.4, -0.2) is 60.8 Å². The molecule has 3 heteroatoms. The molecule has 2 fully saturated rings. The predicted octanol–water partition coefficient (Wildman–Crippen LogP) is 1.42. The predicted molar refractivity (Wildman–Crippen MR) is 71.1 cm³/mol. The Morgan fingerprint density at radius 3 is 2.18 bits per heavy atom. The average molecular weight is 240 g/mol. The molecule has 1 atom stereocenters.